The number of aromatic nitrogens is 1. The van der Waals surface area contributed by atoms with Gasteiger partial charge in [0.25, 0.3) is 0 Å². The Kier molecular flexibility index (Phi) is 9.75. The van der Waals surface area contributed by atoms with Crippen LogP contribution in [0.15, 0.2) is 180 Å². The van der Waals surface area contributed by atoms with Crippen molar-refractivity contribution in [3.8, 4) is 33.4 Å². The minimum absolute atomic E-state index is 0.0372. The Labute approximate surface area is 447 Å². The zero-order valence-electron chi connectivity index (χ0n) is 46.1. The van der Waals surface area contributed by atoms with Gasteiger partial charge in [-0.25, -0.2) is 0 Å². The molecule has 2 aliphatic heterocycles. The molecule has 0 saturated heterocycles. The van der Waals surface area contributed by atoms with Crippen LogP contribution in [0, 0.1) is 0 Å². The molecule has 0 unspecified atom stereocenters. The molecule has 2 aliphatic rings. The van der Waals surface area contributed by atoms with E-state index in [9.17, 15) is 0 Å². The molecule has 372 valence electrons. The van der Waals surface area contributed by atoms with Crippen molar-refractivity contribution in [2.24, 2.45) is 0 Å². The van der Waals surface area contributed by atoms with E-state index in [1.807, 2.05) is 0 Å². The SMILES string of the molecule is CC(C)(C)c1ccc2c(c1)c1cc(C(C)(C)C)cc3c1n2B1c2cc4c(C(C)(C)C)c5ccccc5c(C(C)(C)C)c4cc2N(c2cc(-c4ccccc4)cc(-c4ccccc4)c2)c2cc4c(oc5ccccc54)c-3c21. The van der Waals surface area contributed by atoms with E-state index in [2.05, 4.69) is 268 Å². The average Bonchev–Trinajstić information content (AvgIpc) is 3.99. The summed E-state index contributed by atoms with van der Waals surface area (Å²) in [6, 6.07) is 67.1. The average molecular weight is 985 g/mol. The summed E-state index contributed by atoms with van der Waals surface area (Å²) >= 11 is 0. The lowest BCUT2D eigenvalue weighted by Gasteiger charge is -2.42. The van der Waals surface area contributed by atoms with Crippen LogP contribution in [0.4, 0.5) is 17.1 Å². The second-order valence-corrected chi connectivity index (χ2v) is 26.2. The molecular weight excluding hydrogens is 920 g/mol. The molecule has 2 aromatic heterocycles. The highest BCUT2D eigenvalue weighted by Crippen LogP contribution is 2.53. The standard InChI is InChI=1S/C72H65BN2O/c1-69(2,3)46-31-32-59-52(36-46)55-37-47(70(4,5)6)38-57-63-66-61(41-56-49-27-21-22-30-62(49)76-68(56)63)74(48-34-44(42-23-15-13-16-24-42)33-45(35-48)43-25-17-14-18-26-43)60-40-54-53(39-58(60)73(66)75(59)67(55)57)64(71(7,8)9)50-28-19-20-29-51(50)65(54)72(10,11)12/h13-41H,1-12H3. The molecule has 76 heavy (non-hydrogen) atoms. The van der Waals surface area contributed by atoms with Gasteiger partial charge in [-0.3, -0.25) is 0 Å². The van der Waals surface area contributed by atoms with E-state index in [0.717, 1.165) is 27.6 Å². The molecule has 4 heterocycles. The van der Waals surface area contributed by atoms with Crippen molar-refractivity contribution >= 4 is 100 Å². The first kappa shape index (κ1) is 46.7. The molecule has 0 atom stereocenters. The largest absolute Gasteiger partial charge is 0.455 e. The van der Waals surface area contributed by atoms with E-state index in [-0.39, 0.29) is 28.5 Å². The zero-order chi connectivity index (χ0) is 52.5. The molecule has 0 amide bonds. The molecule has 0 N–H and O–H groups in total. The number of furan rings is 1. The van der Waals surface area contributed by atoms with Gasteiger partial charge in [0.1, 0.15) is 11.2 Å². The maximum absolute atomic E-state index is 7.32. The third kappa shape index (κ3) is 6.81. The van der Waals surface area contributed by atoms with Crippen LogP contribution in [0.2, 0.25) is 0 Å². The number of anilines is 3. The highest BCUT2D eigenvalue weighted by Gasteiger charge is 2.46. The van der Waals surface area contributed by atoms with Crippen molar-refractivity contribution in [1.29, 1.82) is 0 Å². The first-order valence-electron chi connectivity index (χ1n) is 27.4. The van der Waals surface area contributed by atoms with Crippen LogP contribution >= 0.6 is 0 Å². The monoisotopic (exact) mass is 985 g/mol. The lowest BCUT2D eigenvalue weighted by atomic mass is 9.44. The van der Waals surface area contributed by atoms with E-state index >= 15 is 0 Å². The second kappa shape index (κ2) is 15.9. The molecule has 10 aromatic carbocycles. The highest BCUT2D eigenvalue weighted by molar-refractivity contribution is 6.90. The topological polar surface area (TPSA) is 21.3 Å². The molecule has 0 fully saturated rings. The Bertz CT molecular complexity index is 4370. The van der Waals surface area contributed by atoms with Gasteiger partial charge in [0, 0.05) is 60.8 Å². The quantitative estimate of drug-likeness (QED) is 0.130. The maximum Gasteiger partial charge on any atom is 0.333 e. The predicted molar refractivity (Wildman–Crippen MR) is 328 cm³/mol. The summed E-state index contributed by atoms with van der Waals surface area (Å²) < 4.78 is 10.1. The molecule has 12 aromatic rings. The van der Waals surface area contributed by atoms with Gasteiger partial charge in [0.05, 0.1) is 0 Å². The van der Waals surface area contributed by atoms with Crippen LogP contribution in [0.3, 0.4) is 0 Å². The van der Waals surface area contributed by atoms with Gasteiger partial charge in [-0.05, 0) is 159 Å². The van der Waals surface area contributed by atoms with E-state index in [4.69, 9.17) is 4.42 Å². The van der Waals surface area contributed by atoms with Crippen molar-refractivity contribution in [2.75, 3.05) is 4.90 Å². The molecule has 0 aliphatic carbocycles. The zero-order valence-corrected chi connectivity index (χ0v) is 46.1. The molecule has 0 spiro atoms. The Balaban J connectivity index is 1.24. The summed E-state index contributed by atoms with van der Waals surface area (Å²) in [7, 11) is 0. The van der Waals surface area contributed by atoms with Gasteiger partial charge in [-0.15, -0.1) is 0 Å². The number of hydrogen-bond acceptors (Lipinski definition) is 2. The fourth-order valence-electron chi connectivity index (χ4n) is 13.6. The maximum atomic E-state index is 7.32. The fourth-order valence-corrected chi connectivity index (χ4v) is 13.6. The van der Waals surface area contributed by atoms with E-state index < -0.39 is 0 Å². The van der Waals surface area contributed by atoms with E-state index in [1.54, 1.807) is 0 Å². The van der Waals surface area contributed by atoms with Crippen molar-refractivity contribution in [2.45, 2.75) is 105 Å². The van der Waals surface area contributed by atoms with E-state index in [0.29, 0.717) is 0 Å². The van der Waals surface area contributed by atoms with Crippen molar-refractivity contribution < 1.29 is 4.42 Å². The van der Waals surface area contributed by atoms with Crippen LogP contribution < -0.4 is 15.8 Å². The third-order valence-corrected chi connectivity index (χ3v) is 17.0. The number of benzene rings is 10. The number of nitrogens with zero attached hydrogens (tertiary/aromatic N) is 2. The molecule has 14 rings (SSSR count). The Hall–Kier alpha value is -7.82. The van der Waals surface area contributed by atoms with Crippen LogP contribution in [-0.2, 0) is 21.7 Å². The van der Waals surface area contributed by atoms with Gasteiger partial charge in [-0.2, -0.15) is 0 Å². The Morgan fingerprint density at radius 2 is 0.934 bits per heavy atom. The Morgan fingerprint density at radius 1 is 0.395 bits per heavy atom. The van der Waals surface area contributed by atoms with Crippen LogP contribution in [0.5, 0.6) is 0 Å². The molecular formula is C72H65BN2O. The van der Waals surface area contributed by atoms with Gasteiger partial charge in [0.2, 0.25) is 0 Å². The van der Waals surface area contributed by atoms with Gasteiger partial charge in [0.15, 0.2) is 0 Å². The predicted octanol–water partition coefficient (Wildman–Crippen LogP) is 18.9. The third-order valence-electron chi connectivity index (χ3n) is 17.0. The van der Waals surface area contributed by atoms with Gasteiger partial charge >= 0.3 is 6.85 Å². The summed E-state index contributed by atoms with van der Waals surface area (Å²) in [5.41, 5.74) is 22.5. The molecule has 4 heteroatoms. The number of rotatable bonds is 3. The normalized spacial score (nSPS) is 13.7. The summed E-state index contributed by atoms with van der Waals surface area (Å²) in [5.74, 6) is 0. The van der Waals surface area contributed by atoms with Gasteiger partial charge < -0.3 is 13.8 Å². The molecule has 3 nitrogen and oxygen atoms in total. The second-order valence-electron chi connectivity index (χ2n) is 26.2. The fraction of sp³-hybridized carbons (Fsp3) is 0.222. The van der Waals surface area contributed by atoms with E-state index in [1.165, 1.54) is 121 Å². The lowest BCUT2D eigenvalue weighted by molar-refractivity contribution is 0.590. The lowest BCUT2D eigenvalue weighted by Crippen LogP contribution is -2.56. The summed E-state index contributed by atoms with van der Waals surface area (Å²) in [6.45, 7) is 28.3. The summed E-state index contributed by atoms with van der Waals surface area (Å²) in [4.78, 5) is 2.65. The van der Waals surface area contributed by atoms with Crippen molar-refractivity contribution in [3.05, 3.63) is 198 Å². The number of hydrogen-bond donors (Lipinski definition) is 0. The van der Waals surface area contributed by atoms with Crippen molar-refractivity contribution in [1.82, 2.24) is 4.48 Å². The van der Waals surface area contributed by atoms with Crippen LogP contribution in [-0.4, -0.2) is 11.3 Å². The summed E-state index contributed by atoms with van der Waals surface area (Å²) in [5, 5.41) is 10.2. The molecule has 0 saturated carbocycles. The Morgan fingerprint density at radius 3 is 1.53 bits per heavy atom. The first-order valence-corrected chi connectivity index (χ1v) is 27.4. The summed E-state index contributed by atoms with van der Waals surface area (Å²) in [6.07, 6.45) is 0. The highest BCUT2D eigenvalue weighted by atomic mass is 16.3. The molecule has 0 radical (unpaired) electrons. The smallest absolute Gasteiger partial charge is 0.333 e. The van der Waals surface area contributed by atoms with Crippen LogP contribution in [0.25, 0.3) is 98.7 Å². The minimum atomic E-state index is -0.199. The number of fused-ring (bicyclic) bond motifs is 13. The minimum Gasteiger partial charge on any atom is -0.455 e. The van der Waals surface area contributed by atoms with Crippen molar-refractivity contribution in [3.63, 3.8) is 0 Å². The van der Waals surface area contributed by atoms with Crippen LogP contribution in [0.1, 0.15) is 105 Å². The molecule has 0 bridgehead atoms. The van der Waals surface area contributed by atoms with Gasteiger partial charge in [-0.1, -0.05) is 198 Å². The number of para-hydroxylation sites is 1. The first-order chi connectivity index (χ1) is 36.2.